The zero-order chi connectivity index (χ0) is 20.4. The van der Waals surface area contributed by atoms with Crippen LogP contribution in [0.25, 0.3) is 23.3 Å². The summed E-state index contributed by atoms with van der Waals surface area (Å²) >= 11 is 9.69. The van der Waals surface area contributed by atoms with E-state index in [0.717, 1.165) is 12.8 Å². The normalized spacial score (nSPS) is 21.9. The third kappa shape index (κ3) is 3.07. The van der Waals surface area contributed by atoms with Crippen molar-refractivity contribution in [1.82, 2.24) is 0 Å². The number of hydrogen-bond donors (Lipinski definition) is 0. The molecule has 0 saturated heterocycles. The Kier molecular flexibility index (Phi) is 5.00. The number of benzene rings is 2. The topological polar surface area (TPSA) is 0 Å². The van der Waals surface area contributed by atoms with Gasteiger partial charge in [0.15, 0.2) is 0 Å². The summed E-state index contributed by atoms with van der Waals surface area (Å²) in [6.07, 6.45) is 7.03. The first-order valence-corrected chi connectivity index (χ1v) is 12.7. The van der Waals surface area contributed by atoms with Crippen LogP contribution in [0.1, 0.15) is 63.1 Å². The minimum Gasteiger partial charge on any atom is -0.118 e. The first kappa shape index (κ1) is 19.9. The summed E-state index contributed by atoms with van der Waals surface area (Å²) < 4.78 is 2.50. The molecule has 2 aliphatic carbocycles. The van der Waals surface area contributed by atoms with E-state index in [1.165, 1.54) is 63.3 Å². The molecule has 2 unspecified atom stereocenters. The summed E-state index contributed by atoms with van der Waals surface area (Å²) in [6.45, 7) is 9.16. The molecule has 0 aromatic heterocycles. The maximum atomic E-state index is 3.96. The Labute approximate surface area is 194 Å². The van der Waals surface area contributed by atoms with Crippen LogP contribution in [0.5, 0.6) is 0 Å². The molecule has 1 heterocycles. The molecule has 0 saturated carbocycles. The first-order valence-electron chi connectivity index (χ1n) is 10.2. The number of fused-ring (bicyclic) bond motifs is 3. The van der Waals surface area contributed by atoms with E-state index in [4.69, 9.17) is 0 Å². The fraction of sp³-hybridized carbons (Fsp3) is 0.308. The summed E-state index contributed by atoms with van der Waals surface area (Å²) in [5.41, 5.74) is 10.2. The SMILES string of the molecule is CC1=Cc2c(Br)c3c(cc2=C1CCC1C(C)=Cc2c(Br)cccc21)SC(C)C=3C. The van der Waals surface area contributed by atoms with Crippen molar-refractivity contribution >= 4 is 66.9 Å². The van der Waals surface area contributed by atoms with Crippen molar-refractivity contribution in [1.29, 1.82) is 0 Å². The Hall–Kier alpha value is -1.03. The number of thioether (sulfide) groups is 1. The van der Waals surface area contributed by atoms with Gasteiger partial charge in [-0.3, -0.25) is 0 Å². The van der Waals surface area contributed by atoms with Crippen LogP contribution in [0.4, 0.5) is 0 Å². The van der Waals surface area contributed by atoms with E-state index in [1.54, 1.807) is 0 Å². The van der Waals surface area contributed by atoms with Crippen LogP contribution in [0, 0.1) is 0 Å². The average molecular weight is 528 g/mol. The van der Waals surface area contributed by atoms with Gasteiger partial charge in [-0.15, -0.1) is 11.8 Å². The van der Waals surface area contributed by atoms with Gasteiger partial charge in [0.2, 0.25) is 0 Å². The molecule has 0 N–H and O–H groups in total. The van der Waals surface area contributed by atoms with Gasteiger partial charge in [-0.05, 0) is 108 Å². The van der Waals surface area contributed by atoms with E-state index in [9.17, 15) is 0 Å². The summed E-state index contributed by atoms with van der Waals surface area (Å²) in [5.74, 6) is 0.523. The van der Waals surface area contributed by atoms with Gasteiger partial charge in [-0.25, -0.2) is 0 Å². The molecule has 0 bridgehead atoms. The molecule has 0 spiro atoms. The highest BCUT2D eigenvalue weighted by molar-refractivity contribution is 9.10. The van der Waals surface area contributed by atoms with Gasteiger partial charge in [0.1, 0.15) is 0 Å². The molecule has 3 heteroatoms. The van der Waals surface area contributed by atoms with Crippen LogP contribution < -0.4 is 10.4 Å². The van der Waals surface area contributed by atoms with Crippen LogP contribution >= 0.6 is 43.6 Å². The number of hydrogen-bond acceptors (Lipinski definition) is 1. The predicted octanol–water partition coefficient (Wildman–Crippen LogP) is 7.42. The second-order valence-electron chi connectivity index (χ2n) is 8.50. The molecular formula is C26H24Br2S. The van der Waals surface area contributed by atoms with E-state index >= 15 is 0 Å². The molecule has 3 aliphatic rings. The second-order valence-corrected chi connectivity index (χ2v) is 11.5. The largest absolute Gasteiger partial charge is 0.118 e. The van der Waals surface area contributed by atoms with Gasteiger partial charge in [0.25, 0.3) is 0 Å². The monoisotopic (exact) mass is 526 g/mol. The number of allylic oxidation sites excluding steroid dienone is 2. The molecule has 0 fully saturated rings. The van der Waals surface area contributed by atoms with Crippen molar-refractivity contribution < 1.29 is 0 Å². The maximum Gasteiger partial charge on any atom is 0.0337 e. The molecule has 148 valence electrons. The molecule has 0 amide bonds. The van der Waals surface area contributed by atoms with Crippen molar-refractivity contribution in [3.63, 3.8) is 0 Å². The summed E-state index contributed by atoms with van der Waals surface area (Å²) in [7, 11) is 0. The van der Waals surface area contributed by atoms with Crippen molar-refractivity contribution in [3.8, 4) is 0 Å². The minimum absolute atomic E-state index is 0.523. The Morgan fingerprint density at radius 1 is 1.03 bits per heavy atom. The summed E-state index contributed by atoms with van der Waals surface area (Å²) in [6, 6.07) is 9.07. The Balaban J connectivity index is 1.54. The fourth-order valence-electron chi connectivity index (χ4n) is 5.08. The predicted molar refractivity (Wildman–Crippen MR) is 135 cm³/mol. The van der Waals surface area contributed by atoms with Crippen LogP contribution in [0.2, 0.25) is 0 Å². The second kappa shape index (κ2) is 7.28. The smallest absolute Gasteiger partial charge is 0.0337 e. The average Bonchev–Trinajstić information content (AvgIpc) is 3.27. The van der Waals surface area contributed by atoms with Gasteiger partial charge in [-0.2, -0.15) is 0 Å². The summed E-state index contributed by atoms with van der Waals surface area (Å²) in [5, 5.41) is 3.44. The highest BCUT2D eigenvalue weighted by atomic mass is 79.9. The molecule has 2 atom stereocenters. The molecule has 29 heavy (non-hydrogen) atoms. The zero-order valence-corrected chi connectivity index (χ0v) is 21.2. The molecule has 1 aliphatic heterocycles. The van der Waals surface area contributed by atoms with Crippen LogP contribution in [-0.4, -0.2) is 5.25 Å². The molecule has 0 nitrogen and oxygen atoms in total. The zero-order valence-electron chi connectivity index (χ0n) is 17.2. The van der Waals surface area contributed by atoms with E-state index < -0.39 is 0 Å². The van der Waals surface area contributed by atoms with Crippen LogP contribution in [0.15, 0.2) is 49.3 Å². The molecule has 5 rings (SSSR count). The van der Waals surface area contributed by atoms with Gasteiger partial charge in [0, 0.05) is 30.2 Å². The molecule has 2 aromatic rings. The lowest BCUT2D eigenvalue weighted by atomic mass is 9.89. The lowest BCUT2D eigenvalue weighted by molar-refractivity contribution is 0.733. The van der Waals surface area contributed by atoms with Gasteiger partial charge >= 0.3 is 0 Å². The summed E-state index contributed by atoms with van der Waals surface area (Å²) in [4.78, 5) is 1.44. The highest BCUT2D eigenvalue weighted by Gasteiger charge is 2.27. The third-order valence-corrected chi connectivity index (χ3v) is 9.60. The fourth-order valence-corrected chi connectivity index (χ4v) is 7.80. The van der Waals surface area contributed by atoms with E-state index in [2.05, 4.69) is 96.0 Å². The Bertz CT molecular complexity index is 1250. The highest BCUT2D eigenvalue weighted by Crippen LogP contribution is 2.43. The van der Waals surface area contributed by atoms with Crippen LogP contribution in [0.3, 0.4) is 0 Å². The third-order valence-electron chi connectivity index (χ3n) is 6.80. The first-order chi connectivity index (χ1) is 13.9. The Morgan fingerprint density at radius 3 is 2.62 bits per heavy atom. The van der Waals surface area contributed by atoms with Gasteiger partial charge in [-0.1, -0.05) is 45.3 Å². The standard InChI is InChI=1S/C26H24Br2S/c1-13-10-21-19(6-5-7-23(21)27)17(13)8-9-18-14(2)11-22-20(18)12-24-25(26(22)28)15(3)16(4)29-24/h5-7,10-12,16-17H,8-9H2,1-4H3. The van der Waals surface area contributed by atoms with E-state index in [1.807, 2.05) is 11.8 Å². The van der Waals surface area contributed by atoms with E-state index in [-0.39, 0.29) is 0 Å². The lowest BCUT2D eigenvalue weighted by Gasteiger charge is -2.16. The number of rotatable bonds is 3. The van der Waals surface area contributed by atoms with E-state index in [0.29, 0.717) is 11.2 Å². The minimum atomic E-state index is 0.523. The quantitative estimate of drug-likeness (QED) is 0.400. The lowest BCUT2D eigenvalue weighted by Crippen LogP contribution is -2.18. The van der Waals surface area contributed by atoms with Crippen molar-refractivity contribution in [2.24, 2.45) is 0 Å². The Morgan fingerprint density at radius 2 is 1.83 bits per heavy atom. The molecular weight excluding hydrogens is 504 g/mol. The van der Waals surface area contributed by atoms with Crippen molar-refractivity contribution in [3.05, 3.63) is 71.5 Å². The van der Waals surface area contributed by atoms with Gasteiger partial charge in [0.05, 0.1) is 0 Å². The van der Waals surface area contributed by atoms with Crippen molar-refractivity contribution in [2.45, 2.75) is 56.6 Å². The molecule has 2 aromatic carbocycles. The maximum absolute atomic E-state index is 3.96. The van der Waals surface area contributed by atoms with Gasteiger partial charge < -0.3 is 0 Å². The molecule has 0 radical (unpaired) electrons. The van der Waals surface area contributed by atoms with Crippen molar-refractivity contribution in [2.75, 3.05) is 0 Å². The van der Waals surface area contributed by atoms with Crippen LogP contribution in [-0.2, 0) is 0 Å². The number of halogens is 2.